The Hall–Kier alpha value is -2.13. The Morgan fingerprint density at radius 1 is 1.15 bits per heavy atom. The lowest BCUT2D eigenvalue weighted by atomic mass is 10.1. The van der Waals surface area contributed by atoms with Crippen molar-refractivity contribution in [3.05, 3.63) is 71.3 Å². The third kappa shape index (κ3) is 8.87. The van der Waals surface area contributed by atoms with Crippen LogP contribution in [0.2, 0.25) is 0 Å². The van der Waals surface area contributed by atoms with Gasteiger partial charge >= 0.3 is 5.97 Å². The van der Waals surface area contributed by atoms with E-state index in [-0.39, 0.29) is 11.9 Å². The maximum absolute atomic E-state index is 11.4. The van der Waals surface area contributed by atoms with Crippen LogP contribution in [-0.4, -0.2) is 31.1 Å². The molecule has 3 nitrogen and oxygen atoms in total. The van der Waals surface area contributed by atoms with Crippen molar-refractivity contribution in [3.8, 4) is 0 Å². The first kappa shape index (κ1) is 22.9. The van der Waals surface area contributed by atoms with E-state index in [1.54, 1.807) is 0 Å². The van der Waals surface area contributed by atoms with Crippen LogP contribution in [0.25, 0.3) is 0 Å². The van der Waals surface area contributed by atoms with E-state index in [4.69, 9.17) is 4.74 Å². The van der Waals surface area contributed by atoms with Crippen molar-refractivity contribution in [2.24, 2.45) is 5.92 Å². The average molecular weight is 370 g/mol. The molecule has 148 valence electrons. The second-order valence-corrected chi connectivity index (χ2v) is 6.76. The molecule has 1 aromatic carbocycles. The van der Waals surface area contributed by atoms with Crippen LogP contribution < -0.4 is 0 Å². The van der Waals surface area contributed by atoms with E-state index in [0.29, 0.717) is 0 Å². The van der Waals surface area contributed by atoms with Gasteiger partial charge in [-0.25, -0.2) is 0 Å². The minimum atomic E-state index is -0.0736. The number of hydrogen-bond donors (Lipinski definition) is 0. The molecule has 0 spiro atoms. The van der Waals surface area contributed by atoms with Gasteiger partial charge in [-0.05, 0) is 38.8 Å². The summed E-state index contributed by atoms with van der Waals surface area (Å²) in [5, 5.41) is 0. The van der Waals surface area contributed by atoms with Crippen molar-refractivity contribution in [2.45, 2.75) is 47.1 Å². The molecule has 0 N–H and O–H groups in total. The highest BCUT2D eigenvalue weighted by molar-refractivity contribution is 5.72. The molecule has 1 aromatic rings. The van der Waals surface area contributed by atoms with Gasteiger partial charge in [-0.1, -0.05) is 79.6 Å². The second kappa shape index (κ2) is 13.1. The maximum atomic E-state index is 11.4. The van der Waals surface area contributed by atoms with E-state index in [2.05, 4.69) is 55.2 Å². The fourth-order valence-electron chi connectivity index (χ4n) is 3.00. The Morgan fingerprint density at radius 2 is 1.85 bits per heavy atom. The summed E-state index contributed by atoms with van der Waals surface area (Å²) in [6, 6.07) is 10.3. The highest BCUT2D eigenvalue weighted by Crippen LogP contribution is 2.19. The Kier molecular flexibility index (Phi) is 11.1. The minimum absolute atomic E-state index is 0.0636. The standard InChI is InChI=1S/C13H17NO2.C9H12.C2H6/c1-16-13(15)12-7-8-14(10-12)9-11-5-3-2-4-6-11;1-8-4-3-5-9(2)7-6-8;1-2/h2-6,12H,7-10H2,1H3;3-4,6-7H,5H2,1-2H3;1-2H3. The Morgan fingerprint density at radius 3 is 2.52 bits per heavy atom. The summed E-state index contributed by atoms with van der Waals surface area (Å²) in [6.45, 7) is 11.0. The number of esters is 1. The molecule has 1 aliphatic carbocycles. The fourth-order valence-corrected chi connectivity index (χ4v) is 3.00. The van der Waals surface area contributed by atoms with Gasteiger partial charge in [0.15, 0.2) is 0 Å². The molecule has 1 heterocycles. The van der Waals surface area contributed by atoms with Gasteiger partial charge in [-0.15, -0.1) is 0 Å². The number of carbonyl (C=O) groups excluding carboxylic acids is 1. The molecule has 0 radical (unpaired) electrons. The summed E-state index contributed by atoms with van der Waals surface area (Å²) >= 11 is 0. The van der Waals surface area contributed by atoms with Crippen LogP contribution in [0.1, 0.15) is 46.1 Å². The average Bonchev–Trinajstić information content (AvgIpc) is 3.08. The lowest BCUT2D eigenvalue weighted by Gasteiger charge is -2.15. The van der Waals surface area contributed by atoms with E-state index in [0.717, 1.165) is 32.5 Å². The number of rotatable bonds is 3. The summed E-state index contributed by atoms with van der Waals surface area (Å²) in [4.78, 5) is 13.7. The van der Waals surface area contributed by atoms with Crippen LogP contribution in [0.3, 0.4) is 0 Å². The molecule has 1 atom stereocenters. The van der Waals surface area contributed by atoms with Crippen molar-refractivity contribution in [3.63, 3.8) is 0 Å². The van der Waals surface area contributed by atoms with Crippen LogP contribution in [0.15, 0.2) is 65.8 Å². The largest absolute Gasteiger partial charge is 0.469 e. The fraction of sp³-hybridized carbons (Fsp3) is 0.458. The highest BCUT2D eigenvalue weighted by Gasteiger charge is 2.28. The summed E-state index contributed by atoms with van der Waals surface area (Å²) in [7, 11) is 1.46. The zero-order chi connectivity index (χ0) is 20.1. The van der Waals surface area contributed by atoms with Crippen LogP contribution in [0, 0.1) is 5.92 Å². The van der Waals surface area contributed by atoms with Crippen LogP contribution in [0.5, 0.6) is 0 Å². The van der Waals surface area contributed by atoms with Gasteiger partial charge in [0.05, 0.1) is 13.0 Å². The van der Waals surface area contributed by atoms with Gasteiger partial charge in [-0.3, -0.25) is 9.69 Å². The Balaban J connectivity index is 0.000000282. The third-order valence-electron chi connectivity index (χ3n) is 4.51. The summed E-state index contributed by atoms with van der Waals surface area (Å²) < 4.78 is 4.77. The lowest BCUT2D eigenvalue weighted by Crippen LogP contribution is -2.23. The van der Waals surface area contributed by atoms with Crippen LogP contribution in [0.4, 0.5) is 0 Å². The van der Waals surface area contributed by atoms with Crippen molar-refractivity contribution in [1.29, 1.82) is 0 Å². The first-order chi connectivity index (χ1) is 13.1. The predicted molar refractivity (Wildman–Crippen MR) is 114 cm³/mol. The van der Waals surface area contributed by atoms with Gasteiger partial charge in [-0.2, -0.15) is 0 Å². The molecular weight excluding hydrogens is 334 g/mol. The van der Waals surface area contributed by atoms with Crippen LogP contribution in [-0.2, 0) is 16.1 Å². The van der Waals surface area contributed by atoms with Gasteiger partial charge in [0.1, 0.15) is 0 Å². The van der Waals surface area contributed by atoms with Gasteiger partial charge in [0.25, 0.3) is 0 Å². The van der Waals surface area contributed by atoms with Crippen molar-refractivity contribution < 1.29 is 9.53 Å². The maximum Gasteiger partial charge on any atom is 0.310 e. The number of methoxy groups -OCH3 is 1. The molecule has 1 fully saturated rings. The molecule has 0 bridgehead atoms. The first-order valence-electron chi connectivity index (χ1n) is 9.93. The van der Waals surface area contributed by atoms with Gasteiger partial charge in [0.2, 0.25) is 0 Å². The molecule has 1 saturated heterocycles. The summed E-state index contributed by atoms with van der Waals surface area (Å²) in [5.74, 6) is -0.00993. The predicted octanol–water partition coefficient (Wildman–Crippen LogP) is 5.55. The topological polar surface area (TPSA) is 29.5 Å². The summed E-state index contributed by atoms with van der Waals surface area (Å²) in [5.41, 5.74) is 4.07. The number of nitrogens with zero attached hydrogens (tertiary/aromatic N) is 1. The molecule has 27 heavy (non-hydrogen) atoms. The molecule has 3 heteroatoms. The van der Waals surface area contributed by atoms with Gasteiger partial charge in [0, 0.05) is 13.1 Å². The van der Waals surface area contributed by atoms with Crippen molar-refractivity contribution in [1.82, 2.24) is 4.90 Å². The number of ether oxygens (including phenoxy) is 1. The zero-order valence-corrected chi connectivity index (χ0v) is 17.6. The lowest BCUT2D eigenvalue weighted by molar-refractivity contribution is -0.144. The number of carbonyl (C=O) groups is 1. The number of benzene rings is 1. The highest BCUT2D eigenvalue weighted by atomic mass is 16.5. The Bertz CT molecular complexity index is 644. The Labute approximate surface area is 165 Å². The molecule has 0 amide bonds. The van der Waals surface area contributed by atoms with E-state index in [9.17, 15) is 4.79 Å². The van der Waals surface area contributed by atoms with E-state index in [1.807, 2.05) is 32.0 Å². The van der Waals surface area contributed by atoms with Crippen LogP contribution >= 0.6 is 0 Å². The van der Waals surface area contributed by atoms with E-state index >= 15 is 0 Å². The number of likely N-dealkylation sites (tertiary alicyclic amines) is 1. The molecule has 2 aliphatic rings. The minimum Gasteiger partial charge on any atom is -0.469 e. The van der Waals surface area contributed by atoms with Gasteiger partial charge < -0.3 is 4.74 Å². The zero-order valence-electron chi connectivity index (χ0n) is 17.6. The SMILES string of the molecule is CC.CC1=CC=C(C)CC=C1.COC(=O)C1CCN(Cc2ccccc2)C1. The number of allylic oxidation sites excluding steroid dienone is 6. The second-order valence-electron chi connectivity index (χ2n) is 6.76. The first-order valence-corrected chi connectivity index (χ1v) is 9.93. The quantitative estimate of drug-likeness (QED) is 0.655. The molecular formula is C24H35NO2. The molecule has 0 aromatic heterocycles. The normalized spacial score (nSPS) is 18.8. The smallest absolute Gasteiger partial charge is 0.310 e. The van der Waals surface area contributed by atoms with Crippen molar-refractivity contribution in [2.75, 3.05) is 20.2 Å². The van der Waals surface area contributed by atoms with Crippen molar-refractivity contribution >= 4 is 5.97 Å². The summed E-state index contributed by atoms with van der Waals surface area (Å²) in [6.07, 6.45) is 10.7. The van der Waals surface area contributed by atoms with E-state index in [1.165, 1.54) is 23.8 Å². The van der Waals surface area contributed by atoms with E-state index < -0.39 is 0 Å². The molecule has 0 saturated carbocycles. The third-order valence-corrected chi connectivity index (χ3v) is 4.51. The monoisotopic (exact) mass is 369 g/mol. The molecule has 1 unspecified atom stereocenters. The number of hydrogen-bond acceptors (Lipinski definition) is 3. The molecule has 1 aliphatic heterocycles. The molecule has 3 rings (SSSR count).